The van der Waals surface area contributed by atoms with Crippen LogP contribution in [0.5, 0.6) is 5.75 Å². The van der Waals surface area contributed by atoms with E-state index in [1.54, 1.807) is 0 Å². The number of hydrogen-bond donors (Lipinski definition) is 2. The zero-order chi connectivity index (χ0) is 14.0. The number of phenolic OH excluding ortho intramolecular Hbond substituents is 1. The third kappa shape index (κ3) is 4.88. The Labute approximate surface area is 132 Å². The number of halogens is 6. The monoisotopic (exact) mass is 350 g/mol. The van der Waals surface area contributed by atoms with Crippen LogP contribution in [0.2, 0.25) is 0 Å². The van der Waals surface area contributed by atoms with E-state index in [0.29, 0.717) is 19.2 Å². The lowest BCUT2D eigenvalue weighted by atomic mass is 10.0. The molecule has 0 spiro atoms. The largest absolute Gasteiger partial charge is 0.508 e. The normalized spacial score (nSPS) is 17.5. The fraction of sp³-hybridized carbons (Fsp3) is 0.500. The lowest BCUT2D eigenvalue weighted by molar-refractivity contribution is -0.188. The van der Waals surface area contributed by atoms with Crippen molar-refractivity contribution in [2.24, 2.45) is 0 Å². The van der Waals surface area contributed by atoms with E-state index in [1.165, 1.54) is 4.90 Å². The Bertz CT molecular complexity index is 453. The minimum absolute atomic E-state index is 0. The van der Waals surface area contributed by atoms with Gasteiger partial charge in [0.15, 0.2) is 0 Å². The fourth-order valence-electron chi connectivity index (χ4n) is 2.26. The quantitative estimate of drug-likeness (QED) is 0.805. The van der Waals surface area contributed by atoms with E-state index in [0.717, 1.165) is 12.1 Å². The van der Waals surface area contributed by atoms with Crippen LogP contribution in [-0.4, -0.2) is 42.4 Å². The SMILES string of the molecule is Cl.Cl.Oc1ccc([C@@H](N2CCNCC2)C(F)(F)F)c(F)c1. The van der Waals surface area contributed by atoms with Gasteiger partial charge in [0.25, 0.3) is 0 Å². The summed E-state index contributed by atoms with van der Waals surface area (Å²) in [6, 6.07) is 0.788. The Hall–Kier alpha value is -0.760. The van der Waals surface area contributed by atoms with Gasteiger partial charge in [0, 0.05) is 37.8 Å². The van der Waals surface area contributed by atoms with Gasteiger partial charge in [0.05, 0.1) is 0 Å². The van der Waals surface area contributed by atoms with Crippen molar-refractivity contribution >= 4 is 24.8 Å². The molecule has 0 amide bonds. The van der Waals surface area contributed by atoms with Crippen molar-refractivity contribution in [3.8, 4) is 5.75 Å². The summed E-state index contributed by atoms with van der Waals surface area (Å²) in [4.78, 5) is 1.20. The van der Waals surface area contributed by atoms with Crippen molar-refractivity contribution in [2.75, 3.05) is 26.2 Å². The maximum Gasteiger partial charge on any atom is 0.408 e. The highest BCUT2D eigenvalue weighted by atomic mass is 35.5. The van der Waals surface area contributed by atoms with Crippen molar-refractivity contribution in [1.29, 1.82) is 0 Å². The second kappa shape index (κ2) is 8.03. The first kappa shape index (κ1) is 20.2. The highest BCUT2D eigenvalue weighted by Gasteiger charge is 2.46. The van der Waals surface area contributed by atoms with Gasteiger partial charge in [-0.3, -0.25) is 4.90 Å². The molecule has 21 heavy (non-hydrogen) atoms. The molecular formula is C12H16Cl2F4N2O. The van der Waals surface area contributed by atoms with E-state index in [4.69, 9.17) is 5.11 Å². The molecule has 1 saturated heterocycles. The second-order valence-electron chi connectivity index (χ2n) is 4.44. The van der Waals surface area contributed by atoms with Crippen molar-refractivity contribution in [3.05, 3.63) is 29.6 Å². The molecule has 0 bridgehead atoms. The molecule has 1 aliphatic heterocycles. The zero-order valence-corrected chi connectivity index (χ0v) is 12.5. The average molecular weight is 351 g/mol. The molecule has 2 rings (SSSR count). The first-order valence-electron chi connectivity index (χ1n) is 5.89. The number of nitrogens with one attached hydrogen (secondary N) is 1. The Morgan fingerprint density at radius 1 is 1.14 bits per heavy atom. The molecule has 1 aromatic carbocycles. The molecular weight excluding hydrogens is 335 g/mol. The molecule has 1 aliphatic rings. The van der Waals surface area contributed by atoms with Gasteiger partial charge in [0.1, 0.15) is 17.6 Å². The van der Waals surface area contributed by atoms with E-state index in [2.05, 4.69) is 5.32 Å². The van der Waals surface area contributed by atoms with Crippen LogP contribution < -0.4 is 5.32 Å². The van der Waals surface area contributed by atoms with Gasteiger partial charge in [0.2, 0.25) is 0 Å². The highest BCUT2D eigenvalue weighted by Crippen LogP contribution is 2.39. The van der Waals surface area contributed by atoms with Gasteiger partial charge in [-0.15, -0.1) is 24.8 Å². The number of alkyl halides is 3. The summed E-state index contributed by atoms with van der Waals surface area (Å²) in [6.07, 6.45) is -4.56. The molecule has 122 valence electrons. The fourth-order valence-corrected chi connectivity index (χ4v) is 2.26. The number of nitrogens with zero attached hydrogens (tertiary/aromatic N) is 1. The van der Waals surface area contributed by atoms with Crippen LogP contribution in [0, 0.1) is 5.82 Å². The maximum atomic E-state index is 13.7. The number of hydrogen-bond acceptors (Lipinski definition) is 3. The van der Waals surface area contributed by atoms with Crippen LogP contribution in [0.25, 0.3) is 0 Å². The van der Waals surface area contributed by atoms with Crippen LogP contribution in [0.3, 0.4) is 0 Å². The standard InChI is InChI=1S/C12H14F4N2O.2ClH/c13-10-7-8(19)1-2-9(10)11(12(14,15)16)18-5-3-17-4-6-18;;/h1-2,7,11,17,19H,3-6H2;2*1H/t11-;;/m1../s1. The number of phenols is 1. The van der Waals surface area contributed by atoms with Crippen LogP contribution >= 0.6 is 24.8 Å². The molecule has 9 heteroatoms. The topological polar surface area (TPSA) is 35.5 Å². The van der Waals surface area contributed by atoms with Gasteiger partial charge in [-0.05, 0) is 6.07 Å². The zero-order valence-electron chi connectivity index (χ0n) is 10.9. The summed E-state index contributed by atoms with van der Waals surface area (Å²) in [7, 11) is 0. The number of benzene rings is 1. The molecule has 1 fully saturated rings. The summed E-state index contributed by atoms with van der Waals surface area (Å²) < 4.78 is 53.2. The predicted molar refractivity (Wildman–Crippen MR) is 75.8 cm³/mol. The molecule has 1 heterocycles. The lowest BCUT2D eigenvalue weighted by Crippen LogP contribution is -2.49. The van der Waals surface area contributed by atoms with Gasteiger partial charge >= 0.3 is 6.18 Å². The maximum absolute atomic E-state index is 13.7. The second-order valence-corrected chi connectivity index (χ2v) is 4.44. The van der Waals surface area contributed by atoms with Gasteiger partial charge in [-0.2, -0.15) is 13.2 Å². The lowest BCUT2D eigenvalue weighted by Gasteiger charge is -2.36. The van der Waals surface area contributed by atoms with E-state index in [9.17, 15) is 17.6 Å². The summed E-state index contributed by atoms with van der Waals surface area (Å²) >= 11 is 0. The summed E-state index contributed by atoms with van der Waals surface area (Å²) in [6.45, 7) is 1.27. The average Bonchev–Trinajstić information content (AvgIpc) is 2.32. The first-order chi connectivity index (χ1) is 8.89. The minimum Gasteiger partial charge on any atom is -0.508 e. The summed E-state index contributed by atoms with van der Waals surface area (Å²) in [5.74, 6) is -1.43. The van der Waals surface area contributed by atoms with Gasteiger partial charge in [-0.1, -0.05) is 6.07 Å². The predicted octanol–water partition coefficient (Wildman–Crippen LogP) is 2.88. The Morgan fingerprint density at radius 2 is 1.71 bits per heavy atom. The first-order valence-corrected chi connectivity index (χ1v) is 5.89. The van der Waals surface area contributed by atoms with E-state index in [1.807, 2.05) is 0 Å². The van der Waals surface area contributed by atoms with Crippen molar-refractivity contribution in [3.63, 3.8) is 0 Å². The Kier molecular flexibility index (Phi) is 7.74. The molecule has 2 N–H and O–H groups in total. The molecule has 3 nitrogen and oxygen atoms in total. The van der Waals surface area contributed by atoms with E-state index in [-0.39, 0.29) is 43.7 Å². The highest BCUT2D eigenvalue weighted by molar-refractivity contribution is 5.85. The van der Waals surface area contributed by atoms with Crippen molar-refractivity contribution in [1.82, 2.24) is 10.2 Å². The molecule has 0 unspecified atom stereocenters. The van der Waals surface area contributed by atoms with E-state index >= 15 is 0 Å². The van der Waals surface area contributed by atoms with Crippen molar-refractivity contribution < 1.29 is 22.7 Å². The molecule has 0 aliphatic carbocycles. The molecule has 1 atom stereocenters. The summed E-state index contributed by atoms with van der Waals surface area (Å²) in [5.41, 5.74) is -0.452. The van der Waals surface area contributed by atoms with E-state index < -0.39 is 23.6 Å². The van der Waals surface area contributed by atoms with Gasteiger partial charge in [-0.25, -0.2) is 4.39 Å². The smallest absolute Gasteiger partial charge is 0.408 e. The number of aromatic hydroxyl groups is 1. The third-order valence-electron chi connectivity index (χ3n) is 3.11. The van der Waals surface area contributed by atoms with Crippen LogP contribution in [0.15, 0.2) is 18.2 Å². The van der Waals surface area contributed by atoms with Crippen LogP contribution in [0.4, 0.5) is 17.6 Å². The Morgan fingerprint density at radius 3 is 2.19 bits per heavy atom. The number of rotatable bonds is 2. The van der Waals surface area contributed by atoms with Crippen LogP contribution in [-0.2, 0) is 0 Å². The number of piperazine rings is 1. The molecule has 0 radical (unpaired) electrons. The van der Waals surface area contributed by atoms with Gasteiger partial charge < -0.3 is 10.4 Å². The molecule has 0 aromatic heterocycles. The molecule has 0 saturated carbocycles. The minimum atomic E-state index is -4.56. The molecule has 1 aromatic rings. The summed E-state index contributed by atoms with van der Waals surface area (Å²) in [5, 5.41) is 12.0. The van der Waals surface area contributed by atoms with Crippen molar-refractivity contribution in [2.45, 2.75) is 12.2 Å². The van der Waals surface area contributed by atoms with Crippen LogP contribution in [0.1, 0.15) is 11.6 Å². The Balaban J connectivity index is 0.00000200. The third-order valence-corrected chi connectivity index (χ3v) is 3.11.